The summed E-state index contributed by atoms with van der Waals surface area (Å²) in [6.07, 6.45) is 5.13. The second-order valence-corrected chi connectivity index (χ2v) is 8.53. The van der Waals surface area contributed by atoms with Crippen LogP contribution >= 0.6 is 0 Å². The first kappa shape index (κ1) is 15.3. The molecule has 0 spiro atoms. The molecule has 112 valence electrons. The summed E-state index contributed by atoms with van der Waals surface area (Å²) in [4.78, 5) is 0. The molecule has 1 saturated heterocycles. The number of sulfonamides is 1. The summed E-state index contributed by atoms with van der Waals surface area (Å²) in [5, 5.41) is 3.34. The first-order chi connectivity index (χ1) is 8.99. The third-order valence-electron chi connectivity index (χ3n) is 4.16. The molecule has 2 aliphatic rings. The zero-order chi connectivity index (χ0) is 13.9. The zero-order valence-corrected chi connectivity index (χ0v) is 13.1. The van der Waals surface area contributed by atoms with Crippen LogP contribution in [0.1, 0.15) is 46.0 Å². The summed E-state index contributed by atoms with van der Waals surface area (Å²) < 4.78 is 26.8. The van der Waals surface area contributed by atoms with Gasteiger partial charge in [0, 0.05) is 12.6 Å². The van der Waals surface area contributed by atoms with E-state index >= 15 is 0 Å². The molecule has 0 atom stereocenters. The quantitative estimate of drug-likeness (QED) is 0.777. The predicted molar refractivity (Wildman–Crippen MR) is 78.6 cm³/mol. The van der Waals surface area contributed by atoms with Gasteiger partial charge >= 0.3 is 0 Å². The van der Waals surface area contributed by atoms with E-state index in [-0.39, 0.29) is 0 Å². The van der Waals surface area contributed by atoms with Gasteiger partial charge in [-0.3, -0.25) is 0 Å². The lowest BCUT2D eigenvalue weighted by atomic mass is 9.98. The maximum absolute atomic E-state index is 12.5. The highest BCUT2D eigenvalue weighted by molar-refractivity contribution is 7.89. The van der Waals surface area contributed by atoms with Crippen LogP contribution in [0, 0.1) is 11.8 Å². The highest BCUT2D eigenvalue weighted by atomic mass is 32.2. The molecule has 0 amide bonds. The van der Waals surface area contributed by atoms with Crippen LogP contribution < -0.4 is 5.32 Å². The van der Waals surface area contributed by atoms with E-state index in [0.717, 1.165) is 51.7 Å². The van der Waals surface area contributed by atoms with Crippen molar-refractivity contribution in [3.05, 3.63) is 0 Å². The van der Waals surface area contributed by atoms with Gasteiger partial charge < -0.3 is 5.32 Å². The molecule has 5 heteroatoms. The maximum Gasteiger partial charge on any atom is 0.214 e. The predicted octanol–water partition coefficient (Wildman–Crippen LogP) is 1.83. The number of piperidine rings is 1. The SMILES string of the molecule is CC(C)CCS(=O)(=O)N(CC1CCNCC1)C1CC1. The topological polar surface area (TPSA) is 49.4 Å². The minimum atomic E-state index is -3.04. The van der Waals surface area contributed by atoms with Gasteiger partial charge in [0.25, 0.3) is 0 Å². The summed E-state index contributed by atoms with van der Waals surface area (Å²) in [7, 11) is -3.04. The van der Waals surface area contributed by atoms with Gasteiger partial charge in [-0.05, 0) is 57.0 Å². The van der Waals surface area contributed by atoms with Crippen LogP contribution in [-0.2, 0) is 10.0 Å². The van der Waals surface area contributed by atoms with Crippen LogP contribution in [0.2, 0.25) is 0 Å². The van der Waals surface area contributed by atoms with E-state index in [1.165, 1.54) is 0 Å². The fourth-order valence-electron chi connectivity index (χ4n) is 2.67. The van der Waals surface area contributed by atoms with Crippen LogP contribution in [0.3, 0.4) is 0 Å². The van der Waals surface area contributed by atoms with Crippen LogP contribution in [0.5, 0.6) is 0 Å². The van der Waals surface area contributed by atoms with Crippen LogP contribution in [0.25, 0.3) is 0 Å². The van der Waals surface area contributed by atoms with Gasteiger partial charge in [-0.15, -0.1) is 0 Å². The Kier molecular flexibility index (Phi) is 5.26. The molecule has 0 bridgehead atoms. The van der Waals surface area contributed by atoms with Crippen molar-refractivity contribution in [2.45, 2.75) is 52.0 Å². The van der Waals surface area contributed by atoms with E-state index in [1.807, 2.05) is 4.31 Å². The van der Waals surface area contributed by atoms with Gasteiger partial charge in [-0.25, -0.2) is 8.42 Å². The minimum absolute atomic E-state index is 0.312. The van der Waals surface area contributed by atoms with Crippen LogP contribution in [0.15, 0.2) is 0 Å². The lowest BCUT2D eigenvalue weighted by Crippen LogP contribution is -2.41. The Hall–Kier alpha value is -0.130. The highest BCUT2D eigenvalue weighted by Gasteiger charge is 2.38. The number of hydrogen-bond donors (Lipinski definition) is 1. The summed E-state index contributed by atoms with van der Waals surface area (Å²) in [5.41, 5.74) is 0. The van der Waals surface area contributed by atoms with Gasteiger partial charge in [0.15, 0.2) is 0 Å². The first-order valence-electron chi connectivity index (χ1n) is 7.69. The summed E-state index contributed by atoms with van der Waals surface area (Å²) in [6.45, 7) is 7.00. The maximum atomic E-state index is 12.5. The van der Waals surface area contributed by atoms with Crippen molar-refractivity contribution in [1.29, 1.82) is 0 Å². The summed E-state index contributed by atoms with van der Waals surface area (Å²) >= 11 is 0. The summed E-state index contributed by atoms with van der Waals surface area (Å²) in [5.74, 6) is 1.33. The molecule has 1 N–H and O–H groups in total. The molecule has 1 aliphatic heterocycles. The number of rotatable bonds is 7. The minimum Gasteiger partial charge on any atom is -0.317 e. The molecule has 2 rings (SSSR count). The Morgan fingerprint density at radius 3 is 2.32 bits per heavy atom. The van der Waals surface area contributed by atoms with E-state index in [2.05, 4.69) is 19.2 Å². The van der Waals surface area contributed by atoms with Gasteiger partial charge in [0.1, 0.15) is 0 Å². The molecule has 4 nitrogen and oxygen atoms in total. The number of hydrogen-bond acceptors (Lipinski definition) is 3. The molecule has 0 aromatic carbocycles. The van der Waals surface area contributed by atoms with Crippen LogP contribution in [-0.4, -0.2) is 44.2 Å². The Bertz CT molecular complexity index is 371. The van der Waals surface area contributed by atoms with Gasteiger partial charge in [0.05, 0.1) is 5.75 Å². The normalized spacial score (nSPS) is 22.3. The van der Waals surface area contributed by atoms with Crippen molar-refractivity contribution >= 4 is 10.0 Å². The second-order valence-electron chi connectivity index (χ2n) is 6.49. The molecule has 2 fully saturated rings. The number of nitrogens with one attached hydrogen (secondary N) is 1. The third kappa shape index (κ3) is 4.72. The van der Waals surface area contributed by atoms with Gasteiger partial charge in [0.2, 0.25) is 10.0 Å². The third-order valence-corrected chi connectivity index (χ3v) is 6.07. The lowest BCUT2D eigenvalue weighted by molar-refractivity contribution is 0.283. The molecule has 0 unspecified atom stereocenters. The average molecular weight is 288 g/mol. The first-order valence-corrected chi connectivity index (χ1v) is 9.30. The fraction of sp³-hybridized carbons (Fsp3) is 1.00. The van der Waals surface area contributed by atoms with Crippen molar-refractivity contribution in [2.24, 2.45) is 11.8 Å². The zero-order valence-electron chi connectivity index (χ0n) is 12.3. The highest BCUT2D eigenvalue weighted by Crippen LogP contribution is 2.31. The standard InChI is InChI=1S/C14H28N2O2S/c1-12(2)7-10-19(17,18)16(14-3-4-14)11-13-5-8-15-9-6-13/h12-15H,3-11H2,1-2H3. The smallest absolute Gasteiger partial charge is 0.214 e. The lowest BCUT2D eigenvalue weighted by Gasteiger charge is -2.29. The Morgan fingerprint density at radius 2 is 1.79 bits per heavy atom. The average Bonchev–Trinajstić information content (AvgIpc) is 3.19. The van der Waals surface area contributed by atoms with Gasteiger partial charge in [-0.1, -0.05) is 13.8 Å². The molecular formula is C14H28N2O2S. The molecule has 0 aromatic heterocycles. The Labute approximate surface area is 118 Å². The molecule has 1 saturated carbocycles. The molecular weight excluding hydrogens is 260 g/mol. The van der Waals surface area contributed by atoms with Gasteiger partial charge in [-0.2, -0.15) is 4.31 Å². The van der Waals surface area contributed by atoms with E-state index < -0.39 is 10.0 Å². The van der Waals surface area contributed by atoms with E-state index in [1.54, 1.807) is 0 Å². The van der Waals surface area contributed by atoms with Crippen molar-refractivity contribution in [3.63, 3.8) is 0 Å². The number of nitrogens with zero attached hydrogens (tertiary/aromatic N) is 1. The molecule has 0 radical (unpaired) electrons. The molecule has 19 heavy (non-hydrogen) atoms. The largest absolute Gasteiger partial charge is 0.317 e. The Balaban J connectivity index is 1.94. The van der Waals surface area contributed by atoms with Crippen LogP contribution in [0.4, 0.5) is 0 Å². The van der Waals surface area contributed by atoms with Crippen molar-refractivity contribution in [3.8, 4) is 0 Å². The Morgan fingerprint density at radius 1 is 1.16 bits per heavy atom. The van der Waals surface area contributed by atoms with E-state index in [9.17, 15) is 8.42 Å². The monoisotopic (exact) mass is 288 g/mol. The molecule has 0 aromatic rings. The van der Waals surface area contributed by atoms with E-state index in [4.69, 9.17) is 0 Å². The molecule has 1 aliphatic carbocycles. The van der Waals surface area contributed by atoms with E-state index in [0.29, 0.717) is 23.6 Å². The van der Waals surface area contributed by atoms with Crippen molar-refractivity contribution in [1.82, 2.24) is 9.62 Å². The fourth-order valence-corrected chi connectivity index (χ4v) is 4.78. The van der Waals surface area contributed by atoms with Crippen molar-refractivity contribution in [2.75, 3.05) is 25.4 Å². The summed E-state index contributed by atoms with van der Waals surface area (Å²) in [6, 6.07) is 0.312. The second kappa shape index (κ2) is 6.55. The van der Waals surface area contributed by atoms with Crippen molar-refractivity contribution < 1.29 is 8.42 Å². The molecule has 1 heterocycles.